The Morgan fingerprint density at radius 2 is 1.81 bits per heavy atom. The minimum Gasteiger partial charge on any atom is -0.480 e. The Morgan fingerprint density at radius 3 is 2.24 bits per heavy atom. The van der Waals surface area contributed by atoms with E-state index in [9.17, 15) is 18.3 Å². The highest BCUT2D eigenvalue weighted by molar-refractivity contribution is 7.89. The second-order valence-corrected chi connectivity index (χ2v) is 6.94. The zero-order valence-electron chi connectivity index (χ0n) is 12.7. The third kappa shape index (κ3) is 4.28. The van der Waals surface area contributed by atoms with Crippen molar-refractivity contribution in [3.8, 4) is 0 Å². The number of carbonyl (C=O) groups is 1. The average molecular weight is 313 g/mol. The van der Waals surface area contributed by atoms with Crippen molar-refractivity contribution in [1.82, 2.24) is 4.31 Å². The predicted octanol–water partition coefficient (Wildman–Crippen LogP) is 2.65. The van der Waals surface area contributed by atoms with E-state index in [0.717, 1.165) is 16.3 Å². The van der Waals surface area contributed by atoms with E-state index in [0.29, 0.717) is 6.42 Å². The van der Waals surface area contributed by atoms with Crippen LogP contribution in [0.3, 0.4) is 0 Å². The summed E-state index contributed by atoms with van der Waals surface area (Å²) in [6, 6.07) is 5.46. The van der Waals surface area contributed by atoms with Crippen LogP contribution in [0.25, 0.3) is 0 Å². The summed E-state index contributed by atoms with van der Waals surface area (Å²) in [7, 11) is -3.79. The van der Waals surface area contributed by atoms with E-state index in [2.05, 4.69) is 0 Å². The van der Waals surface area contributed by atoms with E-state index in [-0.39, 0.29) is 17.9 Å². The van der Waals surface area contributed by atoms with Gasteiger partial charge >= 0.3 is 5.97 Å². The van der Waals surface area contributed by atoms with Crippen LogP contribution in [0.1, 0.15) is 38.7 Å². The zero-order chi connectivity index (χ0) is 16.0. The van der Waals surface area contributed by atoms with Gasteiger partial charge in [0.2, 0.25) is 10.0 Å². The molecule has 1 unspecified atom stereocenters. The van der Waals surface area contributed by atoms with Crippen LogP contribution in [0.5, 0.6) is 0 Å². The Morgan fingerprint density at radius 1 is 1.24 bits per heavy atom. The van der Waals surface area contributed by atoms with E-state index in [1.807, 2.05) is 13.8 Å². The number of hydrogen-bond acceptors (Lipinski definition) is 3. The summed E-state index contributed by atoms with van der Waals surface area (Å²) in [6.45, 7) is 5.72. The first-order valence-electron chi connectivity index (χ1n) is 7.15. The SMILES string of the molecule is CCCCN(C(CC)C(=O)O)S(=O)(=O)c1ccc(C)cc1. The third-order valence-corrected chi connectivity index (χ3v) is 5.30. The molecule has 5 nitrogen and oxygen atoms in total. The van der Waals surface area contributed by atoms with Crippen molar-refractivity contribution in [2.45, 2.75) is 51.0 Å². The molecule has 0 spiro atoms. The summed E-state index contributed by atoms with van der Waals surface area (Å²) in [4.78, 5) is 11.5. The van der Waals surface area contributed by atoms with E-state index >= 15 is 0 Å². The molecular formula is C15H23NO4S. The van der Waals surface area contributed by atoms with Crippen LogP contribution in [0.4, 0.5) is 0 Å². The van der Waals surface area contributed by atoms with Crippen LogP contribution in [0.15, 0.2) is 29.2 Å². The van der Waals surface area contributed by atoms with Gasteiger partial charge in [-0.2, -0.15) is 4.31 Å². The molecule has 1 N–H and O–H groups in total. The summed E-state index contributed by atoms with van der Waals surface area (Å²) in [5, 5.41) is 9.29. The molecule has 0 radical (unpaired) electrons. The Hall–Kier alpha value is -1.40. The largest absolute Gasteiger partial charge is 0.480 e. The maximum absolute atomic E-state index is 12.7. The first-order valence-corrected chi connectivity index (χ1v) is 8.59. The lowest BCUT2D eigenvalue weighted by Crippen LogP contribution is -2.45. The molecule has 0 saturated heterocycles. The van der Waals surface area contributed by atoms with Gasteiger partial charge in [-0.25, -0.2) is 8.42 Å². The molecule has 0 aliphatic heterocycles. The molecule has 0 heterocycles. The van der Waals surface area contributed by atoms with Crippen molar-refractivity contribution in [3.05, 3.63) is 29.8 Å². The summed E-state index contributed by atoms with van der Waals surface area (Å²) in [5.74, 6) is -1.11. The van der Waals surface area contributed by atoms with Gasteiger partial charge in [0.05, 0.1) is 4.90 Å². The summed E-state index contributed by atoms with van der Waals surface area (Å²) in [6.07, 6.45) is 1.68. The monoisotopic (exact) mass is 313 g/mol. The highest BCUT2D eigenvalue weighted by Gasteiger charge is 2.34. The summed E-state index contributed by atoms with van der Waals surface area (Å²) >= 11 is 0. The number of carboxylic acid groups (broad SMARTS) is 1. The fraction of sp³-hybridized carbons (Fsp3) is 0.533. The molecule has 0 amide bonds. The Balaban J connectivity index is 3.22. The molecule has 6 heteroatoms. The van der Waals surface area contributed by atoms with Crippen LogP contribution in [-0.4, -0.2) is 36.4 Å². The molecule has 0 fully saturated rings. The van der Waals surface area contributed by atoms with Crippen molar-refractivity contribution in [3.63, 3.8) is 0 Å². The molecule has 0 saturated carbocycles. The van der Waals surface area contributed by atoms with Crippen LogP contribution >= 0.6 is 0 Å². The second-order valence-electron chi connectivity index (χ2n) is 5.04. The van der Waals surface area contributed by atoms with Gasteiger partial charge in [0.1, 0.15) is 6.04 Å². The normalized spacial score (nSPS) is 13.3. The van der Waals surface area contributed by atoms with Crippen LogP contribution in [0.2, 0.25) is 0 Å². The molecule has 0 aliphatic carbocycles. The number of rotatable bonds is 8. The fourth-order valence-corrected chi connectivity index (χ4v) is 3.80. The summed E-state index contributed by atoms with van der Waals surface area (Å²) < 4.78 is 26.5. The summed E-state index contributed by atoms with van der Waals surface area (Å²) in [5.41, 5.74) is 0.958. The van der Waals surface area contributed by atoms with Gasteiger partial charge in [-0.3, -0.25) is 4.79 Å². The Labute approximate surface area is 126 Å². The number of carboxylic acids is 1. The minimum atomic E-state index is -3.79. The molecule has 21 heavy (non-hydrogen) atoms. The standard InChI is InChI=1S/C15H23NO4S/c1-4-6-11-16(14(5-2)15(17)18)21(19,20)13-9-7-12(3)8-10-13/h7-10,14H,4-6,11H2,1-3H3,(H,17,18). The van der Waals surface area contributed by atoms with Crippen molar-refractivity contribution in [1.29, 1.82) is 0 Å². The van der Waals surface area contributed by atoms with Crippen LogP contribution in [0, 0.1) is 6.92 Å². The van der Waals surface area contributed by atoms with Gasteiger partial charge in [0.15, 0.2) is 0 Å². The fourth-order valence-electron chi connectivity index (χ4n) is 2.10. The van der Waals surface area contributed by atoms with Gasteiger partial charge in [0.25, 0.3) is 0 Å². The second kappa shape index (κ2) is 7.56. The van der Waals surface area contributed by atoms with Crippen molar-refractivity contribution in [2.75, 3.05) is 6.54 Å². The number of aliphatic carboxylic acids is 1. The molecule has 1 aromatic rings. The lowest BCUT2D eigenvalue weighted by atomic mass is 10.2. The third-order valence-electron chi connectivity index (χ3n) is 3.38. The molecular weight excluding hydrogens is 290 g/mol. The maximum Gasteiger partial charge on any atom is 0.322 e. The van der Waals surface area contributed by atoms with E-state index in [4.69, 9.17) is 0 Å². The zero-order valence-corrected chi connectivity index (χ0v) is 13.6. The van der Waals surface area contributed by atoms with Crippen LogP contribution in [-0.2, 0) is 14.8 Å². The van der Waals surface area contributed by atoms with E-state index in [1.165, 1.54) is 12.1 Å². The molecule has 0 aromatic heterocycles. The molecule has 118 valence electrons. The number of nitrogens with zero attached hydrogens (tertiary/aromatic N) is 1. The highest BCUT2D eigenvalue weighted by atomic mass is 32.2. The van der Waals surface area contributed by atoms with Crippen molar-refractivity contribution in [2.24, 2.45) is 0 Å². The molecule has 0 aliphatic rings. The van der Waals surface area contributed by atoms with Crippen molar-refractivity contribution < 1.29 is 18.3 Å². The van der Waals surface area contributed by atoms with Gasteiger partial charge in [-0.15, -0.1) is 0 Å². The Bertz CT molecular complexity index is 566. The van der Waals surface area contributed by atoms with Gasteiger partial charge in [-0.05, 0) is 31.9 Å². The maximum atomic E-state index is 12.7. The van der Waals surface area contributed by atoms with Gasteiger partial charge in [-0.1, -0.05) is 38.0 Å². The van der Waals surface area contributed by atoms with Gasteiger partial charge < -0.3 is 5.11 Å². The number of benzene rings is 1. The molecule has 1 rings (SSSR count). The van der Waals surface area contributed by atoms with E-state index in [1.54, 1.807) is 19.1 Å². The van der Waals surface area contributed by atoms with Crippen molar-refractivity contribution >= 4 is 16.0 Å². The number of sulfonamides is 1. The topological polar surface area (TPSA) is 74.7 Å². The Kier molecular flexibility index (Phi) is 6.36. The number of unbranched alkanes of at least 4 members (excludes halogenated alkanes) is 1. The predicted molar refractivity (Wildman–Crippen MR) is 81.7 cm³/mol. The minimum absolute atomic E-state index is 0.143. The first kappa shape index (κ1) is 17.7. The number of aryl methyl sites for hydroxylation is 1. The van der Waals surface area contributed by atoms with Crippen LogP contribution < -0.4 is 0 Å². The molecule has 1 atom stereocenters. The lowest BCUT2D eigenvalue weighted by molar-refractivity contribution is -0.141. The highest BCUT2D eigenvalue weighted by Crippen LogP contribution is 2.21. The quantitative estimate of drug-likeness (QED) is 0.800. The average Bonchev–Trinajstić information content (AvgIpc) is 2.43. The smallest absolute Gasteiger partial charge is 0.322 e. The first-order chi connectivity index (χ1) is 9.84. The van der Waals surface area contributed by atoms with E-state index < -0.39 is 22.0 Å². The lowest BCUT2D eigenvalue weighted by Gasteiger charge is -2.27. The molecule has 1 aromatic carbocycles. The van der Waals surface area contributed by atoms with Gasteiger partial charge in [0, 0.05) is 6.54 Å². The molecule has 0 bridgehead atoms. The number of hydrogen-bond donors (Lipinski definition) is 1.